The van der Waals surface area contributed by atoms with Crippen molar-refractivity contribution in [3.05, 3.63) is 46.6 Å². The summed E-state index contributed by atoms with van der Waals surface area (Å²) in [6.07, 6.45) is 17.7. The number of nitrogens with zero attached hydrogens (tertiary/aromatic N) is 1. The SMILES string of the molecule is CC(C)=CCCC(C)=CCCC(C)=CCCC(C)=CCCC(C)=NOCC(=O)O. The van der Waals surface area contributed by atoms with Crippen molar-refractivity contribution in [1.29, 1.82) is 0 Å². The van der Waals surface area contributed by atoms with Crippen LogP contribution in [0.5, 0.6) is 0 Å². The van der Waals surface area contributed by atoms with Crippen LogP contribution >= 0.6 is 0 Å². The number of allylic oxidation sites excluding steroid dienone is 8. The summed E-state index contributed by atoms with van der Waals surface area (Å²) in [5, 5.41) is 12.3. The standard InChI is InChI=1S/C25H41NO3/c1-20(2)11-7-12-21(3)13-8-14-22(4)15-9-16-23(5)17-10-18-24(6)26-29-19-25(27)28/h11,13,15,17H,7-10,12,14,16,18-19H2,1-6H3,(H,27,28). The number of hydrogen-bond donors (Lipinski definition) is 1. The fourth-order valence-corrected chi connectivity index (χ4v) is 2.76. The van der Waals surface area contributed by atoms with Crippen molar-refractivity contribution in [2.45, 2.75) is 92.9 Å². The van der Waals surface area contributed by atoms with E-state index in [0.717, 1.165) is 57.1 Å². The quantitative estimate of drug-likeness (QED) is 0.176. The van der Waals surface area contributed by atoms with Crippen LogP contribution in [-0.2, 0) is 9.63 Å². The predicted molar refractivity (Wildman–Crippen MR) is 124 cm³/mol. The molecule has 29 heavy (non-hydrogen) atoms. The zero-order valence-electron chi connectivity index (χ0n) is 19.4. The first-order valence-corrected chi connectivity index (χ1v) is 10.7. The number of oxime groups is 1. The average molecular weight is 404 g/mol. The Morgan fingerprint density at radius 2 is 1.14 bits per heavy atom. The molecule has 0 aromatic rings. The van der Waals surface area contributed by atoms with Gasteiger partial charge >= 0.3 is 5.97 Å². The van der Waals surface area contributed by atoms with Crippen molar-refractivity contribution < 1.29 is 14.7 Å². The van der Waals surface area contributed by atoms with E-state index in [1.807, 2.05) is 6.92 Å². The molecule has 0 rings (SSSR count). The third-order valence-corrected chi connectivity index (χ3v) is 4.56. The largest absolute Gasteiger partial charge is 0.479 e. The average Bonchev–Trinajstić information content (AvgIpc) is 2.61. The van der Waals surface area contributed by atoms with Crippen LogP contribution in [0.2, 0.25) is 0 Å². The topological polar surface area (TPSA) is 58.9 Å². The maximum atomic E-state index is 10.4. The molecule has 0 aliphatic carbocycles. The van der Waals surface area contributed by atoms with E-state index >= 15 is 0 Å². The Hall–Kier alpha value is -2.10. The number of carboxylic acids is 1. The van der Waals surface area contributed by atoms with Crippen LogP contribution in [0.3, 0.4) is 0 Å². The van der Waals surface area contributed by atoms with Gasteiger partial charge in [0.2, 0.25) is 6.61 Å². The first kappa shape index (κ1) is 26.9. The molecule has 0 saturated carbocycles. The molecule has 1 N–H and O–H groups in total. The third-order valence-electron chi connectivity index (χ3n) is 4.56. The number of hydrogen-bond acceptors (Lipinski definition) is 3. The van der Waals surface area contributed by atoms with Crippen molar-refractivity contribution in [1.82, 2.24) is 0 Å². The van der Waals surface area contributed by atoms with Gasteiger partial charge in [-0.05, 0) is 92.9 Å². The lowest BCUT2D eigenvalue weighted by Crippen LogP contribution is -2.04. The molecule has 0 fully saturated rings. The number of carbonyl (C=O) groups is 1. The van der Waals surface area contributed by atoms with Gasteiger partial charge in [0, 0.05) is 0 Å². The summed E-state index contributed by atoms with van der Waals surface area (Å²) in [5.74, 6) is -1.01. The molecule has 0 atom stereocenters. The molecular formula is C25H41NO3. The molecule has 4 heteroatoms. The number of rotatable bonds is 15. The van der Waals surface area contributed by atoms with E-state index in [2.05, 4.69) is 64.1 Å². The minimum Gasteiger partial charge on any atom is -0.479 e. The second kappa shape index (κ2) is 16.8. The molecule has 0 spiro atoms. The van der Waals surface area contributed by atoms with E-state index in [-0.39, 0.29) is 6.61 Å². The number of aliphatic carboxylic acids is 1. The fourth-order valence-electron chi connectivity index (χ4n) is 2.76. The molecule has 0 aromatic carbocycles. The minimum atomic E-state index is -1.01. The molecule has 0 aliphatic rings. The normalized spacial score (nSPS) is 13.4. The van der Waals surface area contributed by atoms with Crippen LogP contribution in [0.15, 0.2) is 51.8 Å². The highest BCUT2D eigenvalue weighted by Crippen LogP contribution is 2.14. The predicted octanol–water partition coefficient (Wildman–Crippen LogP) is 7.39. The van der Waals surface area contributed by atoms with E-state index in [0.29, 0.717) is 0 Å². The van der Waals surface area contributed by atoms with Gasteiger partial charge in [0.1, 0.15) is 0 Å². The molecule has 0 unspecified atom stereocenters. The van der Waals surface area contributed by atoms with E-state index in [1.165, 1.54) is 22.3 Å². The van der Waals surface area contributed by atoms with Crippen LogP contribution in [0.25, 0.3) is 0 Å². The summed E-state index contributed by atoms with van der Waals surface area (Å²) in [7, 11) is 0. The van der Waals surface area contributed by atoms with Crippen LogP contribution in [-0.4, -0.2) is 23.4 Å². The van der Waals surface area contributed by atoms with E-state index in [4.69, 9.17) is 9.94 Å². The van der Waals surface area contributed by atoms with Crippen LogP contribution in [0, 0.1) is 0 Å². The lowest BCUT2D eigenvalue weighted by Gasteiger charge is -2.03. The molecule has 0 aliphatic heterocycles. The molecule has 4 nitrogen and oxygen atoms in total. The lowest BCUT2D eigenvalue weighted by molar-refractivity contribution is -0.142. The second-order valence-electron chi connectivity index (χ2n) is 8.08. The summed E-state index contributed by atoms with van der Waals surface area (Å²) in [5.41, 5.74) is 6.54. The number of carboxylic acid groups (broad SMARTS) is 1. The van der Waals surface area contributed by atoms with Gasteiger partial charge in [-0.25, -0.2) is 4.79 Å². The van der Waals surface area contributed by atoms with Crippen molar-refractivity contribution in [3.8, 4) is 0 Å². The van der Waals surface area contributed by atoms with Crippen molar-refractivity contribution in [2.24, 2.45) is 5.16 Å². The molecular weight excluding hydrogens is 362 g/mol. The Morgan fingerprint density at radius 1 is 0.724 bits per heavy atom. The van der Waals surface area contributed by atoms with Crippen molar-refractivity contribution >= 4 is 11.7 Å². The van der Waals surface area contributed by atoms with Gasteiger partial charge in [0.15, 0.2) is 0 Å². The molecule has 0 heterocycles. The molecule has 0 aromatic heterocycles. The zero-order chi connectivity index (χ0) is 22.1. The Balaban J connectivity index is 4.06. The molecule has 0 saturated heterocycles. The van der Waals surface area contributed by atoms with Crippen LogP contribution in [0.1, 0.15) is 92.9 Å². The maximum Gasteiger partial charge on any atom is 0.344 e. The minimum absolute atomic E-state index is 0.386. The monoisotopic (exact) mass is 403 g/mol. The first-order valence-electron chi connectivity index (χ1n) is 10.7. The van der Waals surface area contributed by atoms with Crippen LogP contribution < -0.4 is 0 Å². The first-order chi connectivity index (χ1) is 13.7. The van der Waals surface area contributed by atoms with Gasteiger partial charge in [-0.1, -0.05) is 51.8 Å². The van der Waals surface area contributed by atoms with Crippen molar-refractivity contribution in [2.75, 3.05) is 6.61 Å². The zero-order valence-corrected chi connectivity index (χ0v) is 19.4. The highest BCUT2D eigenvalue weighted by molar-refractivity contribution is 5.81. The maximum absolute atomic E-state index is 10.4. The van der Waals surface area contributed by atoms with E-state index in [1.54, 1.807) is 0 Å². The van der Waals surface area contributed by atoms with Gasteiger partial charge in [0.25, 0.3) is 0 Å². The Morgan fingerprint density at radius 3 is 1.55 bits per heavy atom. The Kier molecular flexibility index (Phi) is 15.6. The van der Waals surface area contributed by atoms with E-state index < -0.39 is 5.97 Å². The molecule has 0 bridgehead atoms. The highest BCUT2D eigenvalue weighted by atomic mass is 16.6. The lowest BCUT2D eigenvalue weighted by atomic mass is 10.0. The second-order valence-corrected chi connectivity index (χ2v) is 8.08. The summed E-state index contributed by atoms with van der Waals surface area (Å²) >= 11 is 0. The Bertz CT molecular complexity index is 632. The van der Waals surface area contributed by atoms with Gasteiger partial charge in [-0.2, -0.15) is 0 Å². The van der Waals surface area contributed by atoms with Gasteiger partial charge in [0.05, 0.1) is 5.71 Å². The van der Waals surface area contributed by atoms with Crippen molar-refractivity contribution in [3.63, 3.8) is 0 Å². The summed E-state index contributed by atoms with van der Waals surface area (Å²) in [6.45, 7) is 12.4. The van der Waals surface area contributed by atoms with Gasteiger partial charge in [-0.15, -0.1) is 0 Å². The van der Waals surface area contributed by atoms with Crippen LogP contribution in [0.4, 0.5) is 0 Å². The van der Waals surface area contributed by atoms with Gasteiger partial charge < -0.3 is 9.94 Å². The fraction of sp³-hybridized carbons (Fsp3) is 0.600. The Labute approximate surface area is 178 Å². The smallest absolute Gasteiger partial charge is 0.344 e. The summed E-state index contributed by atoms with van der Waals surface area (Å²) in [4.78, 5) is 15.1. The highest BCUT2D eigenvalue weighted by Gasteiger charge is 1.97. The molecule has 0 amide bonds. The van der Waals surface area contributed by atoms with E-state index in [9.17, 15) is 4.79 Å². The molecule has 0 radical (unpaired) electrons. The summed E-state index contributed by atoms with van der Waals surface area (Å²) < 4.78 is 0. The summed E-state index contributed by atoms with van der Waals surface area (Å²) in [6, 6.07) is 0. The van der Waals surface area contributed by atoms with Gasteiger partial charge in [-0.3, -0.25) is 0 Å². The molecule has 164 valence electrons. The third kappa shape index (κ3) is 19.0.